The van der Waals surface area contributed by atoms with Gasteiger partial charge in [-0.25, -0.2) is 4.98 Å². The summed E-state index contributed by atoms with van der Waals surface area (Å²) in [6.45, 7) is -0.139. The maximum absolute atomic E-state index is 12.7. The van der Waals surface area contributed by atoms with E-state index in [2.05, 4.69) is 10.3 Å². The number of carbonyl (C=O) groups is 1. The standard InChI is InChI=1S/C20H18ClN3O3/c1-22-19-20(26)24(12-16(25)27-13-14-8-4-2-5-9-14)17(18(21)23-19)15-10-6-3-7-11-15/h2-11H,12-13H2,1H3,(H,22,23). The molecular formula is C20H18ClN3O3. The average molecular weight is 384 g/mol. The Labute approximate surface area is 161 Å². The summed E-state index contributed by atoms with van der Waals surface area (Å²) in [5, 5.41) is 2.83. The number of aromatic nitrogens is 2. The molecule has 3 aromatic rings. The molecule has 3 rings (SSSR count). The first-order valence-corrected chi connectivity index (χ1v) is 8.71. The molecule has 0 amide bonds. The Kier molecular flexibility index (Phi) is 5.88. The third kappa shape index (κ3) is 4.35. The number of hydrogen-bond donors (Lipinski definition) is 1. The molecule has 0 fully saturated rings. The molecule has 0 bridgehead atoms. The fraction of sp³-hybridized carbons (Fsp3) is 0.150. The summed E-state index contributed by atoms with van der Waals surface area (Å²) in [4.78, 5) is 29.2. The maximum Gasteiger partial charge on any atom is 0.326 e. The number of hydrogen-bond acceptors (Lipinski definition) is 5. The highest BCUT2D eigenvalue weighted by Crippen LogP contribution is 2.26. The predicted octanol–water partition coefficient (Wildman–Crippen LogP) is 3.35. The van der Waals surface area contributed by atoms with Gasteiger partial charge in [0.2, 0.25) is 0 Å². The highest BCUT2D eigenvalue weighted by molar-refractivity contribution is 6.32. The van der Waals surface area contributed by atoms with Crippen molar-refractivity contribution in [3.05, 3.63) is 81.7 Å². The molecule has 0 unspecified atom stereocenters. The summed E-state index contributed by atoms with van der Waals surface area (Å²) < 4.78 is 6.59. The van der Waals surface area contributed by atoms with Crippen LogP contribution in [0.1, 0.15) is 5.56 Å². The Morgan fingerprint density at radius 2 is 1.74 bits per heavy atom. The van der Waals surface area contributed by atoms with Crippen LogP contribution in [0.4, 0.5) is 5.82 Å². The van der Waals surface area contributed by atoms with E-state index in [0.717, 1.165) is 5.56 Å². The van der Waals surface area contributed by atoms with Crippen molar-refractivity contribution in [3.63, 3.8) is 0 Å². The van der Waals surface area contributed by atoms with Gasteiger partial charge < -0.3 is 10.1 Å². The summed E-state index contributed by atoms with van der Waals surface area (Å²) in [5.41, 5.74) is 1.48. The Morgan fingerprint density at radius 1 is 1.11 bits per heavy atom. The zero-order chi connectivity index (χ0) is 19.2. The maximum atomic E-state index is 12.7. The molecule has 1 heterocycles. The minimum atomic E-state index is -0.539. The lowest BCUT2D eigenvalue weighted by Gasteiger charge is -2.15. The molecule has 6 nitrogen and oxygen atoms in total. The number of carbonyl (C=O) groups excluding carboxylic acids is 1. The second kappa shape index (κ2) is 8.51. The van der Waals surface area contributed by atoms with E-state index in [1.54, 1.807) is 19.2 Å². The minimum absolute atomic E-state index is 0.0653. The number of anilines is 1. The zero-order valence-electron chi connectivity index (χ0n) is 14.7. The lowest BCUT2D eigenvalue weighted by Crippen LogP contribution is -2.29. The summed E-state index contributed by atoms with van der Waals surface area (Å²) in [6.07, 6.45) is 0. The van der Waals surface area contributed by atoms with Gasteiger partial charge >= 0.3 is 5.97 Å². The number of nitrogens with zero attached hydrogens (tertiary/aromatic N) is 2. The molecule has 0 atom stereocenters. The largest absolute Gasteiger partial charge is 0.459 e. The van der Waals surface area contributed by atoms with Gasteiger partial charge in [0.05, 0.1) is 5.69 Å². The van der Waals surface area contributed by atoms with Gasteiger partial charge in [0.15, 0.2) is 11.0 Å². The van der Waals surface area contributed by atoms with Crippen LogP contribution in [0.15, 0.2) is 65.5 Å². The van der Waals surface area contributed by atoms with Crippen molar-refractivity contribution in [3.8, 4) is 11.3 Å². The SMILES string of the molecule is CNc1nc(Cl)c(-c2ccccc2)n(CC(=O)OCc2ccccc2)c1=O. The summed E-state index contributed by atoms with van der Waals surface area (Å²) in [7, 11) is 1.57. The number of ether oxygens (including phenoxy) is 1. The second-order valence-corrected chi connectivity index (χ2v) is 6.11. The van der Waals surface area contributed by atoms with E-state index >= 15 is 0 Å². The fourth-order valence-corrected chi connectivity index (χ4v) is 2.93. The summed E-state index contributed by atoms with van der Waals surface area (Å²) in [6, 6.07) is 18.4. The van der Waals surface area contributed by atoms with Crippen LogP contribution < -0.4 is 10.9 Å². The van der Waals surface area contributed by atoms with Crippen LogP contribution in [0.5, 0.6) is 0 Å². The van der Waals surface area contributed by atoms with Gasteiger partial charge in [-0.15, -0.1) is 0 Å². The van der Waals surface area contributed by atoms with Crippen LogP contribution in [0, 0.1) is 0 Å². The summed E-state index contributed by atoms with van der Waals surface area (Å²) in [5.74, 6) is -0.474. The molecule has 0 aliphatic carbocycles. The lowest BCUT2D eigenvalue weighted by molar-refractivity contribution is -0.145. The molecule has 0 radical (unpaired) electrons. The molecule has 0 spiro atoms. The quantitative estimate of drug-likeness (QED) is 0.661. The third-order valence-electron chi connectivity index (χ3n) is 3.94. The van der Waals surface area contributed by atoms with Crippen LogP contribution in [0.25, 0.3) is 11.3 Å². The third-order valence-corrected chi connectivity index (χ3v) is 4.20. The van der Waals surface area contributed by atoms with Crippen LogP contribution in [0.2, 0.25) is 5.15 Å². The van der Waals surface area contributed by atoms with Gasteiger partial charge in [0.1, 0.15) is 13.2 Å². The van der Waals surface area contributed by atoms with Crippen LogP contribution >= 0.6 is 11.6 Å². The molecule has 138 valence electrons. The molecule has 0 saturated heterocycles. The Morgan fingerprint density at radius 3 is 2.37 bits per heavy atom. The molecular weight excluding hydrogens is 366 g/mol. The Balaban J connectivity index is 1.92. The van der Waals surface area contributed by atoms with Crippen molar-refractivity contribution < 1.29 is 9.53 Å². The molecule has 0 saturated carbocycles. The van der Waals surface area contributed by atoms with Crippen molar-refractivity contribution in [2.24, 2.45) is 0 Å². The Hall–Kier alpha value is -3.12. The number of benzene rings is 2. The van der Waals surface area contributed by atoms with Crippen LogP contribution in [-0.2, 0) is 22.7 Å². The van der Waals surface area contributed by atoms with Crippen molar-refractivity contribution in [2.45, 2.75) is 13.2 Å². The van der Waals surface area contributed by atoms with Crippen molar-refractivity contribution >= 4 is 23.4 Å². The van der Waals surface area contributed by atoms with Gasteiger partial charge in [0, 0.05) is 12.6 Å². The number of halogens is 1. The van der Waals surface area contributed by atoms with Gasteiger partial charge in [0.25, 0.3) is 5.56 Å². The summed E-state index contributed by atoms with van der Waals surface area (Å²) >= 11 is 6.31. The van der Waals surface area contributed by atoms with Crippen molar-refractivity contribution in [1.82, 2.24) is 9.55 Å². The van der Waals surface area contributed by atoms with E-state index in [9.17, 15) is 9.59 Å². The Bertz CT molecular complexity index is 989. The van der Waals surface area contributed by atoms with Crippen LogP contribution in [-0.4, -0.2) is 22.6 Å². The van der Waals surface area contributed by atoms with E-state index in [0.29, 0.717) is 11.3 Å². The highest BCUT2D eigenvalue weighted by atomic mass is 35.5. The molecule has 27 heavy (non-hydrogen) atoms. The zero-order valence-corrected chi connectivity index (χ0v) is 15.4. The first-order chi connectivity index (χ1) is 13.1. The molecule has 1 N–H and O–H groups in total. The number of esters is 1. The normalized spacial score (nSPS) is 10.4. The van der Waals surface area contributed by atoms with E-state index in [4.69, 9.17) is 16.3 Å². The molecule has 0 aliphatic rings. The molecule has 1 aromatic heterocycles. The lowest BCUT2D eigenvalue weighted by atomic mass is 10.1. The average Bonchev–Trinajstić information content (AvgIpc) is 2.70. The number of rotatable bonds is 6. The minimum Gasteiger partial charge on any atom is -0.459 e. The first-order valence-electron chi connectivity index (χ1n) is 8.33. The van der Waals surface area contributed by atoms with E-state index in [1.165, 1.54) is 4.57 Å². The van der Waals surface area contributed by atoms with Gasteiger partial charge in [-0.05, 0) is 5.56 Å². The van der Waals surface area contributed by atoms with Crippen molar-refractivity contribution in [2.75, 3.05) is 12.4 Å². The molecule has 0 aliphatic heterocycles. The van der Waals surface area contributed by atoms with Gasteiger partial charge in [-0.1, -0.05) is 72.3 Å². The smallest absolute Gasteiger partial charge is 0.326 e. The topological polar surface area (TPSA) is 73.2 Å². The monoisotopic (exact) mass is 383 g/mol. The predicted molar refractivity (Wildman–Crippen MR) is 105 cm³/mol. The fourth-order valence-electron chi connectivity index (χ4n) is 2.64. The highest BCUT2D eigenvalue weighted by Gasteiger charge is 2.19. The van der Waals surface area contributed by atoms with Gasteiger partial charge in [-0.3, -0.25) is 14.2 Å². The first kappa shape index (κ1) is 18.7. The molecule has 7 heteroatoms. The molecule has 2 aromatic carbocycles. The van der Waals surface area contributed by atoms with Gasteiger partial charge in [-0.2, -0.15) is 0 Å². The van der Waals surface area contributed by atoms with E-state index in [-0.39, 0.29) is 24.1 Å². The van der Waals surface area contributed by atoms with E-state index in [1.807, 2.05) is 48.5 Å². The van der Waals surface area contributed by atoms with Crippen LogP contribution in [0.3, 0.4) is 0 Å². The number of nitrogens with one attached hydrogen (secondary N) is 1. The second-order valence-electron chi connectivity index (χ2n) is 5.75. The van der Waals surface area contributed by atoms with Crippen molar-refractivity contribution in [1.29, 1.82) is 0 Å². The van der Waals surface area contributed by atoms with E-state index < -0.39 is 11.5 Å².